The molecule has 6 nitrogen and oxygen atoms in total. The molecule has 2 heterocycles. The molecule has 0 saturated heterocycles. The molecule has 0 amide bonds. The molecule has 2 N–H and O–H groups in total. The van der Waals surface area contributed by atoms with Gasteiger partial charge >= 0.3 is 0 Å². The highest BCUT2D eigenvalue weighted by atomic mass is 32.1. The number of hydrogen-bond donors (Lipinski definition) is 1. The molecule has 3 aromatic rings. The number of benzene rings is 1. The van der Waals surface area contributed by atoms with Crippen LogP contribution in [0.3, 0.4) is 0 Å². The summed E-state index contributed by atoms with van der Waals surface area (Å²) in [5.41, 5.74) is 6.92. The molecular weight excluding hydrogens is 312 g/mol. The molecule has 2 aromatic heterocycles. The highest BCUT2D eigenvalue weighted by Gasteiger charge is 2.06. The molecule has 0 unspecified atom stereocenters. The van der Waals surface area contributed by atoms with Crippen LogP contribution in [0.5, 0.6) is 5.75 Å². The highest BCUT2D eigenvalue weighted by molar-refractivity contribution is 7.16. The van der Waals surface area contributed by atoms with E-state index in [2.05, 4.69) is 9.97 Å². The smallest absolute Gasteiger partial charge is 0.220 e. The van der Waals surface area contributed by atoms with E-state index in [9.17, 15) is 0 Å². The fourth-order valence-electron chi connectivity index (χ4n) is 1.97. The summed E-state index contributed by atoms with van der Waals surface area (Å²) in [6, 6.07) is 5.56. The quantitative estimate of drug-likeness (QED) is 0.749. The van der Waals surface area contributed by atoms with Crippen LogP contribution < -0.4 is 15.4 Å². The molecule has 0 atom stereocenters. The second kappa shape index (κ2) is 6.80. The van der Waals surface area contributed by atoms with Crippen molar-refractivity contribution in [3.63, 3.8) is 0 Å². The number of anilines is 1. The first-order valence-corrected chi connectivity index (χ1v) is 8.02. The summed E-state index contributed by atoms with van der Waals surface area (Å²) in [5, 5.41) is 0.962. The number of thiazole rings is 1. The summed E-state index contributed by atoms with van der Waals surface area (Å²) in [6.45, 7) is 0.957. The Balaban J connectivity index is 1.78. The minimum absolute atomic E-state index is 0.478. The van der Waals surface area contributed by atoms with Gasteiger partial charge in [-0.1, -0.05) is 11.3 Å². The first-order valence-electron chi connectivity index (χ1n) is 7.20. The maximum Gasteiger partial charge on any atom is 0.220 e. The molecule has 0 radical (unpaired) electrons. The van der Waals surface area contributed by atoms with Gasteiger partial charge in [-0.25, -0.2) is 9.97 Å². The number of fused-ring (bicyclic) bond motifs is 1. The average molecular weight is 330 g/mol. The van der Waals surface area contributed by atoms with E-state index in [1.54, 1.807) is 11.3 Å². The van der Waals surface area contributed by atoms with E-state index in [-0.39, 0.29) is 0 Å². The van der Waals surface area contributed by atoms with Gasteiger partial charge in [0.1, 0.15) is 17.9 Å². The van der Waals surface area contributed by atoms with Crippen LogP contribution in [-0.2, 0) is 0 Å². The Morgan fingerprint density at radius 2 is 2.22 bits per heavy atom. The molecule has 0 fully saturated rings. The second-order valence-corrected chi connectivity index (χ2v) is 6.13. The van der Waals surface area contributed by atoms with Gasteiger partial charge in [-0.3, -0.25) is 0 Å². The van der Waals surface area contributed by atoms with Crippen LogP contribution in [0.15, 0.2) is 28.8 Å². The maximum absolute atomic E-state index is 5.73. The van der Waals surface area contributed by atoms with Crippen LogP contribution in [0.1, 0.15) is 10.8 Å². The number of aromatic nitrogens is 2. The van der Waals surface area contributed by atoms with E-state index in [0.29, 0.717) is 24.6 Å². The van der Waals surface area contributed by atoms with Crippen LogP contribution in [-0.4, -0.2) is 37.2 Å². The largest absolute Gasteiger partial charge is 0.492 e. The third-order valence-electron chi connectivity index (χ3n) is 3.05. The third-order valence-corrected chi connectivity index (χ3v) is 4.18. The van der Waals surface area contributed by atoms with E-state index < -0.39 is 0 Å². The highest BCUT2D eigenvalue weighted by Crippen LogP contribution is 2.24. The van der Waals surface area contributed by atoms with E-state index in [1.807, 2.05) is 55.5 Å². The van der Waals surface area contributed by atoms with Gasteiger partial charge in [-0.05, 0) is 18.2 Å². The molecule has 0 aliphatic carbocycles. The predicted octanol–water partition coefficient (Wildman–Crippen LogP) is 2.86. The summed E-state index contributed by atoms with van der Waals surface area (Å²) in [4.78, 5) is 11.8. The lowest BCUT2D eigenvalue weighted by Gasteiger charge is -2.04. The van der Waals surface area contributed by atoms with E-state index in [4.69, 9.17) is 14.9 Å². The summed E-state index contributed by atoms with van der Waals surface area (Å²) in [6.07, 6.45) is 5.62. The molecule has 1 aromatic carbocycles. The van der Waals surface area contributed by atoms with Crippen LogP contribution in [0.2, 0.25) is 0 Å². The van der Waals surface area contributed by atoms with Gasteiger partial charge in [-0.15, -0.1) is 0 Å². The molecule has 0 aliphatic heterocycles. The average Bonchev–Trinajstić information content (AvgIpc) is 3.16. The van der Waals surface area contributed by atoms with Crippen molar-refractivity contribution >= 4 is 39.7 Å². The normalized spacial score (nSPS) is 11.4. The predicted molar refractivity (Wildman–Crippen MR) is 93.9 cm³/mol. The van der Waals surface area contributed by atoms with Crippen LogP contribution in [0.4, 0.5) is 5.13 Å². The SMILES string of the molecule is CN(C)c1ncc(C=Cc2nc3ccc(OCCN)cc3o2)s1. The number of oxazole rings is 1. The first kappa shape index (κ1) is 15.5. The molecule has 3 rings (SSSR count). The Labute approximate surface area is 138 Å². The Morgan fingerprint density at radius 1 is 1.35 bits per heavy atom. The topological polar surface area (TPSA) is 77.4 Å². The van der Waals surface area contributed by atoms with Gasteiger partial charge in [0, 0.05) is 43.9 Å². The summed E-state index contributed by atoms with van der Waals surface area (Å²) < 4.78 is 11.2. The fourth-order valence-corrected chi connectivity index (χ4v) is 2.72. The third kappa shape index (κ3) is 3.69. The number of rotatable bonds is 6. The first-order chi connectivity index (χ1) is 11.2. The molecule has 120 valence electrons. The lowest BCUT2D eigenvalue weighted by atomic mass is 10.3. The molecular formula is C16H18N4O2S. The van der Waals surface area contributed by atoms with Gasteiger partial charge in [0.15, 0.2) is 10.7 Å². The molecule has 7 heteroatoms. The number of ether oxygens (including phenoxy) is 1. The van der Waals surface area contributed by atoms with Crippen molar-refractivity contribution in [2.75, 3.05) is 32.1 Å². The molecule has 0 spiro atoms. The molecule has 0 aliphatic rings. The number of nitrogens with zero attached hydrogens (tertiary/aromatic N) is 3. The van der Waals surface area contributed by atoms with Gasteiger partial charge < -0.3 is 19.8 Å². The van der Waals surface area contributed by atoms with Crippen molar-refractivity contribution in [2.45, 2.75) is 0 Å². The molecule has 0 saturated carbocycles. The summed E-state index contributed by atoms with van der Waals surface area (Å²) in [5.74, 6) is 1.28. The zero-order valence-corrected chi connectivity index (χ0v) is 13.8. The minimum atomic E-state index is 0.478. The summed E-state index contributed by atoms with van der Waals surface area (Å²) in [7, 11) is 3.94. The zero-order chi connectivity index (χ0) is 16.2. The van der Waals surface area contributed by atoms with Crippen LogP contribution in [0.25, 0.3) is 23.3 Å². The standard InChI is InChI=1S/C16H18N4O2S/c1-20(2)16-18-10-12(23-16)4-6-15-19-13-5-3-11(21-8-7-17)9-14(13)22-15/h3-6,9-10H,7-8,17H2,1-2H3. The lowest BCUT2D eigenvalue weighted by Crippen LogP contribution is -2.10. The van der Waals surface area contributed by atoms with Crippen molar-refractivity contribution in [1.29, 1.82) is 0 Å². The van der Waals surface area contributed by atoms with Gasteiger partial charge in [0.05, 0.1) is 0 Å². The van der Waals surface area contributed by atoms with Crippen LogP contribution in [0, 0.1) is 0 Å². The van der Waals surface area contributed by atoms with Crippen molar-refractivity contribution in [3.05, 3.63) is 35.2 Å². The van der Waals surface area contributed by atoms with Gasteiger partial charge in [-0.2, -0.15) is 0 Å². The summed E-state index contributed by atoms with van der Waals surface area (Å²) >= 11 is 1.61. The van der Waals surface area contributed by atoms with Crippen molar-refractivity contribution in [3.8, 4) is 5.75 Å². The zero-order valence-electron chi connectivity index (χ0n) is 13.0. The fraction of sp³-hybridized carbons (Fsp3) is 0.250. The Morgan fingerprint density at radius 3 is 2.96 bits per heavy atom. The van der Waals surface area contributed by atoms with Crippen LogP contribution >= 0.6 is 11.3 Å². The van der Waals surface area contributed by atoms with Gasteiger partial charge in [0.25, 0.3) is 0 Å². The molecule has 23 heavy (non-hydrogen) atoms. The monoisotopic (exact) mass is 330 g/mol. The minimum Gasteiger partial charge on any atom is -0.492 e. The Kier molecular flexibility index (Phi) is 4.59. The van der Waals surface area contributed by atoms with E-state index in [0.717, 1.165) is 21.3 Å². The maximum atomic E-state index is 5.73. The van der Waals surface area contributed by atoms with Crippen molar-refractivity contribution in [2.24, 2.45) is 5.73 Å². The number of nitrogens with two attached hydrogens (primary N) is 1. The number of hydrogen-bond acceptors (Lipinski definition) is 7. The lowest BCUT2D eigenvalue weighted by molar-refractivity contribution is 0.328. The Bertz CT molecular complexity index is 822. The van der Waals surface area contributed by atoms with Gasteiger partial charge in [0.2, 0.25) is 5.89 Å². The second-order valence-electron chi connectivity index (χ2n) is 5.09. The Hall–Kier alpha value is -2.38. The molecule has 0 bridgehead atoms. The van der Waals surface area contributed by atoms with E-state index in [1.165, 1.54) is 0 Å². The van der Waals surface area contributed by atoms with Crippen molar-refractivity contribution < 1.29 is 9.15 Å². The van der Waals surface area contributed by atoms with Crippen molar-refractivity contribution in [1.82, 2.24) is 9.97 Å². The van der Waals surface area contributed by atoms with E-state index >= 15 is 0 Å².